The third kappa shape index (κ3) is 1.10. The van der Waals surface area contributed by atoms with E-state index in [4.69, 9.17) is 4.74 Å². The van der Waals surface area contributed by atoms with Gasteiger partial charge in [-0.2, -0.15) is 0 Å². The molecule has 0 radical (unpaired) electrons. The van der Waals surface area contributed by atoms with Crippen molar-refractivity contribution in [3.05, 3.63) is 11.6 Å². The fraction of sp³-hybridized carbons (Fsp3) is 0.700. The van der Waals surface area contributed by atoms with Crippen LogP contribution in [0.1, 0.15) is 26.2 Å². The lowest BCUT2D eigenvalue weighted by atomic mass is 10.0. The van der Waals surface area contributed by atoms with Crippen molar-refractivity contribution in [3.63, 3.8) is 0 Å². The van der Waals surface area contributed by atoms with E-state index >= 15 is 0 Å². The lowest BCUT2D eigenvalue weighted by molar-refractivity contribution is -0.153. The van der Waals surface area contributed by atoms with Crippen LogP contribution in [0.5, 0.6) is 0 Å². The van der Waals surface area contributed by atoms with Crippen LogP contribution in [0, 0.1) is 0 Å². The highest BCUT2D eigenvalue weighted by Gasteiger charge is 2.45. The summed E-state index contributed by atoms with van der Waals surface area (Å²) in [5.41, 5.74) is 0.420. The van der Waals surface area contributed by atoms with Gasteiger partial charge in [0.1, 0.15) is 0 Å². The third-order valence-electron chi connectivity index (χ3n) is 3.00. The molecule has 2 heterocycles. The Labute approximate surface area is 78.4 Å². The number of fused-ring (bicyclic) bond motifs is 1. The second-order valence-electron chi connectivity index (χ2n) is 3.79. The fourth-order valence-corrected chi connectivity index (χ4v) is 2.28. The molecule has 1 unspecified atom stereocenters. The smallest absolute Gasteiger partial charge is 0.251 e. The first-order chi connectivity index (χ1) is 6.19. The standard InChI is InChI=1S/C10H15NO2/c1-8-7-10(13-2)5-3-4-6-11(10)9(8)12/h7H,3-6H2,1-2H3. The summed E-state index contributed by atoms with van der Waals surface area (Å²) in [5.74, 6) is 0.140. The Morgan fingerprint density at radius 3 is 2.92 bits per heavy atom. The molecule has 0 aliphatic carbocycles. The van der Waals surface area contributed by atoms with Gasteiger partial charge in [-0.15, -0.1) is 0 Å². The number of amides is 1. The van der Waals surface area contributed by atoms with E-state index in [1.54, 1.807) is 7.11 Å². The van der Waals surface area contributed by atoms with Crippen LogP contribution in [0.25, 0.3) is 0 Å². The van der Waals surface area contributed by atoms with E-state index < -0.39 is 5.72 Å². The highest BCUT2D eigenvalue weighted by Crippen LogP contribution is 2.36. The molecule has 0 aromatic heterocycles. The summed E-state index contributed by atoms with van der Waals surface area (Å²) in [6, 6.07) is 0. The Morgan fingerprint density at radius 1 is 1.54 bits per heavy atom. The van der Waals surface area contributed by atoms with Crippen molar-refractivity contribution in [2.24, 2.45) is 0 Å². The van der Waals surface area contributed by atoms with Gasteiger partial charge in [-0.25, -0.2) is 0 Å². The molecule has 1 amide bonds. The minimum atomic E-state index is -0.403. The van der Waals surface area contributed by atoms with E-state index in [0.29, 0.717) is 0 Å². The summed E-state index contributed by atoms with van der Waals surface area (Å²) < 4.78 is 5.47. The van der Waals surface area contributed by atoms with Gasteiger partial charge < -0.3 is 9.64 Å². The van der Waals surface area contributed by atoms with Crippen LogP contribution in [0.4, 0.5) is 0 Å². The van der Waals surface area contributed by atoms with Crippen molar-refractivity contribution >= 4 is 5.91 Å². The lowest BCUT2D eigenvalue weighted by Crippen LogP contribution is -2.50. The predicted molar refractivity (Wildman–Crippen MR) is 49.1 cm³/mol. The Hall–Kier alpha value is -0.830. The van der Waals surface area contributed by atoms with Crippen molar-refractivity contribution in [1.29, 1.82) is 0 Å². The predicted octanol–water partition coefficient (Wildman–Crippen LogP) is 1.30. The number of carbonyl (C=O) groups is 1. The van der Waals surface area contributed by atoms with Crippen LogP contribution in [-0.4, -0.2) is 30.2 Å². The first-order valence-corrected chi connectivity index (χ1v) is 4.76. The second-order valence-corrected chi connectivity index (χ2v) is 3.79. The maximum absolute atomic E-state index is 11.7. The average molecular weight is 181 g/mol. The number of carbonyl (C=O) groups excluding carboxylic acids is 1. The van der Waals surface area contributed by atoms with E-state index in [0.717, 1.165) is 31.4 Å². The summed E-state index contributed by atoms with van der Waals surface area (Å²) in [4.78, 5) is 13.5. The summed E-state index contributed by atoms with van der Waals surface area (Å²) in [6.07, 6.45) is 5.14. The molecule has 2 rings (SSSR count). The van der Waals surface area contributed by atoms with Crippen molar-refractivity contribution in [3.8, 4) is 0 Å². The normalized spacial score (nSPS) is 33.2. The minimum absolute atomic E-state index is 0.140. The molecule has 3 nitrogen and oxygen atoms in total. The molecule has 1 atom stereocenters. The first kappa shape index (κ1) is 8.75. The second kappa shape index (κ2) is 2.84. The SMILES string of the molecule is COC12C=C(C)C(=O)N1CCCC2. The molecular formula is C10H15NO2. The van der Waals surface area contributed by atoms with Crippen LogP contribution < -0.4 is 0 Å². The van der Waals surface area contributed by atoms with Gasteiger partial charge in [-0.3, -0.25) is 4.79 Å². The van der Waals surface area contributed by atoms with Gasteiger partial charge in [0.15, 0.2) is 5.72 Å². The summed E-state index contributed by atoms with van der Waals surface area (Å²) in [5, 5.41) is 0. The van der Waals surface area contributed by atoms with Crippen LogP contribution in [0.2, 0.25) is 0 Å². The first-order valence-electron chi connectivity index (χ1n) is 4.76. The molecule has 1 saturated heterocycles. The molecule has 2 aliphatic heterocycles. The summed E-state index contributed by atoms with van der Waals surface area (Å²) >= 11 is 0. The zero-order valence-corrected chi connectivity index (χ0v) is 8.17. The highest BCUT2D eigenvalue weighted by molar-refractivity contribution is 5.96. The maximum Gasteiger partial charge on any atom is 0.251 e. The van der Waals surface area contributed by atoms with E-state index in [2.05, 4.69) is 0 Å². The Bertz CT molecular complexity index is 272. The van der Waals surface area contributed by atoms with Gasteiger partial charge >= 0.3 is 0 Å². The molecule has 0 aromatic carbocycles. The number of hydrogen-bond acceptors (Lipinski definition) is 2. The number of nitrogens with zero attached hydrogens (tertiary/aromatic N) is 1. The summed E-state index contributed by atoms with van der Waals surface area (Å²) in [6.45, 7) is 2.70. The minimum Gasteiger partial charge on any atom is -0.355 e. The molecule has 0 N–H and O–H groups in total. The zero-order chi connectivity index (χ0) is 9.47. The van der Waals surface area contributed by atoms with E-state index in [1.165, 1.54) is 0 Å². The van der Waals surface area contributed by atoms with E-state index in [9.17, 15) is 4.79 Å². The molecule has 0 spiro atoms. The monoisotopic (exact) mass is 181 g/mol. The van der Waals surface area contributed by atoms with Gasteiger partial charge in [0.05, 0.1) is 0 Å². The molecule has 2 aliphatic rings. The third-order valence-corrected chi connectivity index (χ3v) is 3.00. The molecule has 0 saturated carbocycles. The maximum atomic E-state index is 11.7. The average Bonchev–Trinajstić information content (AvgIpc) is 2.41. The van der Waals surface area contributed by atoms with Crippen molar-refractivity contribution in [1.82, 2.24) is 4.90 Å². The van der Waals surface area contributed by atoms with Crippen molar-refractivity contribution in [2.75, 3.05) is 13.7 Å². The topological polar surface area (TPSA) is 29.5 Å². The van der Waals surface area contributed by atoms with E-state index in [1.807, 2.05) is 17.9 Å². The van der Waals surface area contributed by atoms with Gasteiger partial charge in [-0.1, -0.05) is 0 Å². The molecular weight excluding hydrogens is 166 g/mol. The van der Waals surface area contributed by atoms with Gasteiger partial charge in [0.25, 0.3) is 5.91 Å². The number of hydrogen-bond donors (Lipinski definition) is 0. The van der Waals surface area contributed by atoms with Gasteiger partial charge in [0.2, 0.25) is 0 Å². The van der Waals surface area contributed by atoms with Crippen LogP contribution >= 0.6 is 0 Å². The van der Waals surface area contributed by atoms with Gasteiger partial charge in [-0.05, 0) is 32.3 Å². The van der Waals surface area contributed by atoms with Gasteiger partial charge in [0, 0.05) is 19.2 Å². The Balaban J connectivity index is 2.34. The van der Waals surface area contributed by atoms with Crippen molar-refractivity contribution in [2.45, 2.75) is 31.9 Å². The molecule has 0 aromatic rings. The fourth-order valence-electron chi connectivity index (χ4n) is 2.28. The molecule has 3 heteroatoms. The summed E-state index contributed by atoms with van der Waals surface area (Å²) in [7, 11) is 1.68. The molecule has 13 heavy (non-hydrogen) atoms. The Morgan fingerprint density at radius 2 is 2.31 bits per heavy atom. The Kier molecular flexibility index (Phi) is 1.91. The number of methoxy groups -OCH3 is 1. The zero-order valence-electron chi connectivity index (χ0n) is 8.17. The largest absolute Gasteiger partial charge is 0.355 e. The lowest BCUT2D eigenvalue weighted by Gasteiger charge is -2.40. The molecule has 0 bridgehead atoms. The van der Waals surface area contributed by atoms with Crippen LogP contribution in [-0.2, 0) is 9.53 Å². The molecule has 72 valence electrons. The number of rotatable bonds is 1. The van der Waals surface area contributed by atoms with Crippen LogP contribution in [0.3, 0.4) is 0 Å². The highest BCUT2D eigenvalue weighted by atomic mass is 16.5. The van der Waals surface area contributed by atoms with Crippen molar-refractivity contribution < 1.29 is 9.53 Å². The quantitative estimate of drug-likeness (QED) is 0.610. The number of ether oxygens (including phenoxy) is 1. The number of piperidine rings is 1. The van der Waals surface area contributed by atoms with Crippen LogP contribution in [0.15, 0.2) is 11.6 Å². The van der Waals surface area contributed by atoms with E-state index in [-0.39, 0.29) is 5.91 Å². The molecule has 1 fully saturated rings.